The number of aryl methyl sites for hydroxylation is 1. The highest BCUT2D eigenvalue weighted by molar-refractivity contribution is 7.92. The van der Waals surface area contributed by atoms with Crippen molar-refractivity contribution in [2.24, 2.45) is 0 Å². The smallest absolute Gasteiger partial charge is 0.264 e. The molecule has 1 atom stereocenters. The Hall–Kier alpha value is -3.14. The molecule has 0 unspecified atom stereocenters. The van der Waals surface area contributed by atoms with E-state index in [9.17, 15) is 22.4 Å². The number of hydrogen-bond acceptors (Lipinski definition) is 4. The first-order valence-electron chi connectivity index (χ1n) is 12.2. The van der Waals surface area contributed by atoms with Crippen LogP contribution >= 0.6 is 23.2 Å². The minimum Gasteiger partial charge on any atom is -0.352 e. The van der Waals surface area contributed by atoms with Crippen LogP contribution in [0.5, 0.6) is 0 Å². The Labute approximate surface area is 238 Å². The van der Waals surface area contributed by atoms with E-state index in [-0.39, 0.29) is 38.8 Å². The third-order valence-corrected chi connectivity index (χ3v) is 8.57. The molecule has 0 heterocycles. The molecule has 0 saturated carbocycles. The van der Waals surface area contributed by atoms with Crippen molar-refractivity contribution in [3.8, 4) is 0 Å². The first-order chi connectivity index (χ1) is 18.3. The number of carbonyl (C=O) groups excluding carboxylic acids is 2. The molecule has 0 bridgehead atoms. The van der Waals surface area contributed by atoms with Gasteiger partial charge in [-0.05, 0) is 58.0 Å². The number of hydrogen-bond donors (Lipinski definition) is 1. The molecule has 39 heavy (non-hydrogen) atoms. The molecule has 0 aliphatic carbocycles. The van der Waals surface area contributed by atoms with Gasteiger partial charge in [-0.3, -0.25) is 13.9 Å². The maximum absolute atomic E-state index is 14.6. The number of nitrogens with zero attached hydrogens (tertiary/aromatic N) is 2. The lowest BCUT2D eigenvalue weighted by atomic mass is 10.1. The van der Waals surface area contributed by atoms with Gasteiger partial charge in [-0.25, -0.2) is 12.8 Å². The van der Waals surface area contributed by atoms with Crippen molar-refractivity contribution >= 4 is 50.7 Å². The average Bonchev–Trinajstić information content (AvgIpc) is 2.88. The first-order valence-corrected chi connectivity index (χ1v) is 14.4. The minimum atomic E-state index is -4.32. The normalized spacial score (nSPS) is 12.2. The summed E-state index contributed by atoms with van der Waals surface area (Å²) in [6, 6.07) is 15.2. The van der Waals surface area contributed by atoms with Gasteiger partial charge in [0, 0.05) is 18.2 Å². The number of sulfonamides is 1. The van der Waals surface area contributed by atoms with Gasteiger partial charge in [0.2, 0.25) is 11.8 Å². The highest BCUT2D eigenvalue weighted by Gasteiger charge is 2.34. The molecule has 0 saturated heterocycles. The number of amides is 2. The van der Waals surface area contributed by atoms with Crippen LogP contribution in [0.4, 0.5) is 10.1 Å². The second kappa shape index (κ2) is 12.8. The van der Waals surface area contributed by atoms with Crippen molar-refractivity contribution in [3.63, 3.8) is 0 Å². The van der Waals surface area contributed by atoms with Crippen molar-refractivity contribution in [2.75, 3.05) is 10.8 Å². The fourth-order valence-electron chi connectivity index (χ4n) is 3.83. The molecule has 0 spiro atoms. The minimum absolute atomic E-state index is 0.0109. The largest absolute Gasteiger partial charge is 0.352 e. The van der Waals surface area contributed by atoms with E-state index in [0.717, 1.165) is 14.8 Å². The van der Waals surface area contributed by atoms with Gasteiger partial charge in [0.15, 0.2) is 0 Å². The van der Waals surface area contributed by atoms with Gasteiger partial charge < -0.3 is 10.2 Å². The van der Waals surface area contributed by atoms with Crippen LogP contribution in [0.15, 0.2) is 71.6 Å². The average molecular weight is 595 g/mol. The zero-order valence-corrected chi connectivity index (χ0v) is 24.3. The maximum atomic E-state index is 14.6. The van der Waals surface area contributed by atoms with E-state index >= 15 is 0 Å². The quantitative estimate of drug-likeness (QED) is 0.332. The van der Waals surface area contributed by atoms with Crippen LogP contribution in [-0.4, -0.2) is 43.8 Å². The zero-order chi connectivity index (χ0) is 28.9. The monoisotopic (exact) mass is 593 g/mol. The molecular formula is C28H30Cl2FN3O4S. The Kier molecular flexibility index (Phi) is 9.98. The molecule has 0 radical (unpaired) electrons. The van der Waals surface area contributed by atoms with Gasteiger partial charge in [-0.2, -0.15) is 0 Å². The van der Waals surface area contributed by atoms with Crippen molar-refractivity contribution < 1.29 is 22.4 Å². The molecule has 3 aromatic rings. The van der Waals surface area contributed by atoms with E-state index in [1.165, 1.54) is 55.5 Å². The number of carbonyl (C=O) groups is 2. The summed E-state index contributed by atoms with van der Waals surface area (Å²) in [6.07, 6.45) is 0. The number of rotatable bonds is 10. The fraction of sp³-hybridized carbons (Fsp3) is 0.286. The standard InChI is InChI=1S/C28H30Cl2FN3O4S/c1-18(2)32-28(36)20(4)33(16-21-8-5-6-10-24(21)31)26(35)17-34(25-11-7-9-23(29)27(25)30)39(37,38)22-14-12-19(3)13-15-22/h5-15,18,20H,16-17H2,1-4H3,(H,32,36)/t20-/m1/s1. The predicted molar refractivity (Wildman–Crippen MR) is 152 cm³/mol. The molecule has 0 aliphatic rings. The van der Waals surface area contributed by atoms with Crippen molar-refractivity contribution in [3.05, 3.63) is 93.7 Å². The fourth-order valence-corrected chi connectivity index (χ4v) is 5.71. The molecule has 1 N–H and O–H groups in total. The second-order valence-corrected chi connectivity index (χ2v) is 12.0. The summed E-state index contributed by atoms with van der Waals surface area (Å²) in [6.45, 7) is 5.87. The summed E-state index contributed by atoms with van der Waals surface area (Å²) in [5.41, 5.74) is 1.01. The summed E-state index contributed by atoms with van der Waals surface area (Å²) >= 11 is 12.6. The van der Waals surface area contributed by atoms with Crippen molar-refractivity contribution in [1.82, 2.24) is 10.2 Å². The topological polar surface area (TPSA) is 86.8 Å². The van der Waals surface area contributed by atoms with Gasteiger partial charge in [0.25, 0.3) is 10.0 Å². The molecule has 2 amide bonds. The number of halogens is 3. The van der Waals surface area contributed by atoms with E-state index < -0.39 is 40.2 Å². The molecule has 0 fully saturated rings. The Morgan fingerprint density at radius 3 is 2.21 bits per heavy atom. The Morgan fingerprint density at radius 2 is 1.59 bits per heavy atom. The highest BCUT2D eigenvalue weighted by atomic mass is 35.5. The molecule has 3 rings (SSSR count). The van der Waals surface area contributed by atoms with Crippen LogP contribution < -0.4 is 9.62 Å². The summed E-state index contributed by atoms with van der Waals surface area (Å²) < 4.78 is 43.1. The van der Waals surface area contributed by atoms with Crippen LogP contribution in [0.3, 0.4) is 0 Å². The van der Waals surface area contributed by atoms with E-state index in [2.05, 4.69) is 5.32 Å². The van der Waals surface area contributed by atoms with Crippen LogP contribution in [0.25, 0.3) is 0 Å². The predicted octanol–water partition coefficient (Wildman–Crippen LogP) is 5.58. The number of nitrogens with one attached hydrogen (secondary N) is 1. The number of benzene rings is 3. The van der Waals surface area contributed by atoms with Gasteiger partial charge in [-0.1, -0.05) is 65.2 Å². The second-order valence-electron chi connectivity index (χ2n) is 9.35. The van der Waals surface area contributed by atoms with Crippen molar-refractivity contribution in [1.29, 1.82) is 0 Å². The van der Waals surface area contributed by atoms with E-state index in [1.54, 1.807) is 32.0 Å². The summed E-state index contributed by atoms with van der Waals surface area (Å²) in [7, 11) is -4.32. The maximum Gasteiger partial charge on any atom is 0.264 e. The highest BCUT2D eigenvalue weighted by Crippen LogP contribution is 2.35. The lowest BCUT2D eigenvalue weighted by molar-refractivity contribution is -0.139. The van der Waals surface area contributed by atoms with E-state index in [1.807, 2.05) is 6.92 Å². The van der Waals surface area contributed by atoms with Crippen molar-refractivity contribution in [2.45, 2.75) is 51.2 Å². The third-order valence-electron chi connectivity index (χ3n) is 5.98. The summed E-state index contributed by atoms with van der Waals surface area (Å²) in [4.78, 5) is 27.8. The van der Waals surface area contributed by atoms with Gasteiger partial charge in [-0.15, -0.1) is 0 Å². The third kappa shape index (κ3) is 7.29. The zero-order valence-electron chi connectivity index (χ0n) is 22.0. The molecule has 0 aliphatic heterocycles. The van der Waals surface area contributed by atoms with Gasteiger partial charge in [0.1, 0.15) is 18.4 Å². The van der Waals surface area contributed by atoms with Crippen LogP contribution in [0, 0.1) is 12.7 Å². The van der Waals surface area contributed by atoms with E-state index in [4.69, 9.17) is 23.2 Å². The van der Waals surface area contributed by atoms with Gasteiger partial charge >= 0.3 is 0 Å². The molecule has 208 valence electrons. The SMILES string of the molecule is Cc1ccc(S(=O)(=O)N(CC(=O)N(Cc2ccccc2F)[C@H](C)C(=O)NC(C)C)c2cccc(Cl)c2Cl)cc1. The lowest BCUT2D eigenvalue weighted by Gasteiger charge is -2.32. The molecule has 0 aromatic heterocycles. The first kappa shape index (κ1) is 30.4. The van der Waals surface area contributed by atoms with Gasteiger partial charge in [0.05, 0.1) is 20.6 Å². The summed E-state index contributed by atoms with van der Waals surface area (Å²) in [5.74, 6) is -1.77. The summed E-state index contributed by atoms with van der Waals surface area (Å²) in [5, 5.41) is 2.78. The Bertz CT molecular complexity index is 1450. The lowest BCUT2D eigenvalue weighted by Crippen LogP contribution is -2.52. The Morgan fingerprint density at radius 1 is 0.949 bits per heavy atom. The van der Waals surface area contributed by atoms with E-state index in [0.29, 0.717) is 0 Å². The molecular weight excluding hydrogens is 564 g/mol. The van der Waals surface area contributed by atoms with Crippen LogP contribution in [0.1, 0.15) is 31.9 Å². The molecule has 7 nitrogen and oxygen atoms in total. The van der Waals surface area contributed by atoms with Crippen LogP contribution in [0.2, 0.25) is 10.0 Å². The molecule has 3 aromatic carbocycles. The number of anilines is 1. The Balaban J connectivity index is 2.09. The molecule has 11 heteroatoms. The van der Waals surface area contributed by atoms with Crippen LogP contribution in [-0.2, 0) is 26.2 Å².